The van der Waals surface area contributed by atoms with Gasteiger partial charge in [0, 0.05) is 18.7 Å². The largest absolute Gasteiger partial charge is 0.477 e. The summed E-state index contributed by atoms with van der Waals surface area (Å²) >= 11 is 4.54. The van der Waals surface area contributed by atoms with Gasteiger partial charge in [-0.05, 0) is 36.1 Å². The Hall–Kier alpha value is -3.59. The standard InChI is InChI=1S/C27H32N4O6S/c1-3-20(6-4-5-11-28)29-14-18-9-7-17(8-10-18)12-22(33)30-23-25-21(38)13-19(15-37-16(2)32)24(27(35)36)31(25)26(23)34/h1,4,6-10,20-21,23,25,29,38H,5,11-15,28H2,2H3,(H,30,33)(H,35,36). The summed E-state index contributed by atoms with van der Waals surface area (Å²) in [7, 11) is 0. The van der Waals surface area contributed by atoms with Gasteiger partial charge in [0.15, 0.2) is 0 Å². The van der Waals surface area contributed by atoms with Crippen LogP contribution in [0.2, 0.25) is 0 Å². The fourth-order valence-electron chi connectivity index (χ4n) is 4.44. The molecule has 0 aliphatic carbocycles. The summed E-state index contributed by atoms with van der Waals surface area (Å²) in [6, 6.07) is 5.73. The van der Waals surface area contributed by atoms with E-state index >= 15 is 0 Å². The second-order valence-electron chi connectivity index (χ2n) is 9.08. The summed E-state index contributed by atoms with van der Waals surface area (Å²) in [4.78, 5) is 49.8. The Balaban J connectivity index is 1.57. The second-order valence-corrected chi connectivity index (χ2v) is 9.74. The maximum absolute atomic E-state index is 12.8. The molecule has 202 valence electrons. The number of ether oxygens (including phenoxy) is 1. The number of nitrogens with one attached hydrogen (secondary N) is 2. The molecule has 1 aromatic rings. The molecule has 0 aromatic heterocycles. The predicted molar refractivity (Wildman–Crippen MR) is 144 cm³/mol. The fraction of sp³-hybridized carbons (Fsp3) is 0.407. The first kappa shape index (κ1) is 29.0. The van der Waals surface area contributed by atoms with Crippen LogP contribution in [0.3, 0.4) is 0 Å². The molecule has 10 nitrogen and oxygen atoms in total. The lowest BCUT2D eigenvalue weighted by atomic mass is 9.83. The number of benzene rings is 1. The van der Waals surface area contributed by atoms with E-state index in [0.29, 0.717) is 18.7 Å². The Kier molecular flexibility index (Phi) is 10.1. The average Bonchev–Trinajstić information content (AvgIpc) is 2.88. The lowest BCUT2D eigenvalue weighted by Gasteiger charge is -2.52. The van der Waals surface area contributed by atoms with Crippen molar-refractivity contribution in [2.75, 3.05) is 13.2 Å². The number of fused-ring (bicyclic) bond motifs is 1. The summed E-state index contributed by atoms with van der Waals surface area (Å²) in [5.74, 6) is -0.0960. The first-order valence-electron chi connectivity index (χ1n) is 12.2. The lowest BCUT2D eigenvalue weighted by molar-refractivity contribution is -0.155. The number of nitrogens with two attached hydrogens (primary N) is 1. The smallest absolute Gasteiger partial charge is 0.352 e. The zero-order chi connectivity index (χ0) is 27.8. The van der Waals surface area contributed by atoms with Gasteiger partial charge in [-0.2, -0.15) is 12.6 Å². The third kappa shape index (κ3) is 7.04. The third-order valence-electron chi connectivity index (χ3n) is 6.29. The Morgan fingerprint density at radius 2 is 2.00 bits per heavy atom. The van der Waals surface area contributed by atoms with Crippen molar-refractivity contribution in [1.82, 2.24) is 15.5 Å². The van der Waals surface area contributed by atoms with Crippen LogP contribution in [0.1, 0.15) is 30.9 Å². The van der Waals surface area contributed by atoms with E-state index in [9.17, 15) is 24.3 Å². The van der Waals surface area contributed by atoms with Crippen LogP contribution < -0.4 is 16.4 Å². The number of aliphatic carboxylic acids is 1. The van der Waals surface area contributed by atoms with Crippen LogP contribution in [0.25, 0.3) is 0 Å². The van der Waals surface area contributed by atoms with Crippen molar-refractivity contribution >= 4 is 36.4 Å². The van der Waals surface area contributed by atoms with Crippen molar-refractivity contribution in [3.05, 3.63) is 58.8 Å². The van der Waals surface area contributed by atoms with Gasteiger partial charge in [-0.15, -0.1) is 6.42 Å². The van der Waals surface area contributed by atoms with Crippen LogP contribution in [0.5, 0.6) is 0 Å². The van der Waals surface area contributed by atoms with Crippen molar-refractivity contribution in [3.63, 3.8) is 0 Å². The number of nitrogens with zero attached hydrogens (tertiary/aromatic N) is 1. The molecule has 1 aromatic carbocycles. The van der Waals surface area contributed by atoms with Gasteiger partial charge in [0.1, 0.15) is 18.3 Å². The first-order chi connectivity index (χ1) is 18.2. The molecule has 5 N–H and O–H groups in total. The average molecular weight is 541 g/mol. The zero-order valence-electron chi connectivity index (χ0n) is 21.1. The molecular formula is C27H32N4O6S. The molecule has 4 unspecified atom stereocenters. The van der Waals surface area contributed by atoms with Gasteiger partial charge < -0.3 is 20.9 Å². The highest BCUT2D eigenvalue weighted by Crippen LogP contribution is 2.39. The molecule has 11 heteroatoms. The van der Waals surface area contributed by atoms with E-state index in [-0.39, 0.29) is 37.1 Å². The number of carbonyl (C=O) groups is 4. The third-order valence-corrected chi connectivity index (χ3v) is 6.78. The quantitative estimate of drug-likeness (QED) is 0.0847. The summed E-state index contributed by atoms with van der Waals surface area (Å²) < 4.78 is 4.95. The number of esters is 1. The van der Waals surface area contributed by atoms with E-state index in [4.69, 9.17) is 16.9 Å². The summed E-state index contributed by atoms with van der Waals surface area (Å²) in [5.41, 5.74) is 7.31. The number of hydrogen-bond acceptors (Lipinski definition) is 8. The second kappa shape index (κ2) is 13.3. The molecule has 0 saturated carbocycles. The number of terminal acetylenes is 1. The van der Waals surface area contributed by atoms with Crippen LogP contribution in [-0.2, 0) is 36.9 Å². The van der Waals surface area contributed by atoms with Crippen molar-refractivity contribution in [2.24, 2.45) is 5.73 Å². The van der Waals surface area contributed by atoms with Gasteiger partial charge in [0.05, 0.1) is 18.5 Å². The van der Waals surface area contributed by atoms with Crippen LogP contribution in [0.4, 0.5) is 0 Å². The van der Waals surface area contributed by atoms with Crippen LogP contribution in [-0.4, -0.2) is 70.3 Å². The molecule has 1 saturated heterocycles. The molecule has 0 bridgehead atoms. The summed E-state index contributed by atoms with van der Waals surface area (Å²) in [5, 5.41) is 15.2. The van der Waals surface area contributed by atoms with E-state index in [2.05, 4.69) is 29.2 Å². The van der Waals surface area contributed by atoms with Crippen LogP contribution in [0.15, 0.2) is 47.7 Å². The van der Waals surface area contributed by atoms with Crippen molar-refractivity contribution < 1.29 is 29.0 Å². The summed E-state index contributed by atoms with van der Waals surface area (Å²) in [6.45, 7) is 2.09. The monoisotopic (exact) mass is 540 g/mol. The Morgan fingerprint density at radius 1 is 1.32 bits per heavy atom. The normalized spacial score (nSPS) is 21.4. The number of carboxylic acid groups (broad SMARTS) is 1. The number of thiol groups is 1. The predicted octanol–water partition coefficient (Wildman–Crippen LogP) is 0.525. The molecule has 2 heterocycles. The highest BCUT2D eigenvalue weighted by atomic mass is 32.1. The van der Waals surface area contributed by atoms with E-state index < -0.39 is 35.2 Å². The van der Waals surface area contributed by atoms with Crippen molar-refractivity contribution in [3.8, 4) is 12.3 Å². The minimum absolute atomic E-state index is 0.0512. The number of carboxylic acids is 1. The van der Waals surface area contributed by atoms with E-state index in [1.54, 1.807) is 0 Å². The highest BCUT2D eigenvalue weighted by Gasteiger charge is 2.56. The molecular weight excluding hydrogens is 508 g/mol. The summed E-state index contributed by atoms with van der Waals surface area (Å²) in [6.07, 6.45) is 10.4. The van der Waals surface area contributed by atoms with Gasteiger partial charge in [-0.25, -0.2) is 4.79 Å². The maximum Gasteiger partial charge on any atom is 0.352 e. The van der Waals surface area contributed by atoms with Gasteiger partial charge in [0.2, 0.25) is 5.91 Å². The van der Waals surface area contributed by atoms with Crippen molar-refractivity contribution in [2.45, 2.75) is 56.1 Å². The van der Waals surface area contributed by atoms with Gasteiger partial charge in [-0.1, -0.05) is 42.3 Å². The molecule has 3 rings (SSSR count). The Morgan fingerprint density at radius 3 is 2.61 bits per heavy atom. The van der Waals surface area contributed by atoms with Gasteiger partial charge >= 0.3 is 11.9 Å². The van der Waals surface area contributed by atoms with Crippen molar-refractivity contribution in [1.29, 1.82) is 0 Å². The number of hydrogen-bond donors (Lipinski definition) is 5. The van der Waals surface area contributed by atoms with E-state index in [1.165, 1.54) is 6.92 Å². The van der Waals surface area contributed by atoms with E-state index in [0.717, 1.165) is 22.4 Å². The molecule has 0 radical (unpaired) electrons. The SMILES string of the molecule is C#CC(C=CCCN)NCc1ccc(CC(=O)NC2C(=O)N3C(C(=O)O)=C(COC(C)=O)CC(S)C23)cc1. The topological polar surface area (TPSA) is 151 Å². The van der Waals surface area contributed by atoms with Crippen LogP contribution >= 0.6 is 12.6 Å². The molecule has 38 heavy (non-hydrogen) atoms. The number of amides is 2. The number of carbonyl (C=O) groups excluding carboxylic acids is 3. The first-order valence-corrected chi connectivity index (χ1v) is 12.7. The Labute approximate surface area is 227 Å². The molecule has 1 fully saturated rings. The molecule has 4 atom stereocenters. The number of rotatable bonds is 12. The zero-order valence-corrected chi connectivity index (χ0v) is 21.9. The minimum atomic E-state index is -1.30. The minimum Gasteiger partial charge on any atom is -0.477 e. The molecule has 2 aliphatic heterocycles. The van der Waals surface area contributed by atoms with E-state index in [1.807, 2.05) is 36.4 Å². The lowest BCUT2D eigenvalue weighted by Crippen LogP contribution is -2.74. The molecule has 2 amide bonds. The molecule has 2 aliphatic rings. The Bertz CT molecular complexity index is 1170. The fourth-order valence-corrected chi connectivity index (χ4v) is 4.97. The highest BCUT2D eigenvalue weighted by molar-refractivity contribution is 7.81. The maximum atomic E-state index is 12.8. The molecule has 0 spiro atoms. The van der Waals surface area contributed by atoms with Gasteiger partial charge in [-0.3, -0.25) is 24.6 Å². The number of β-lactam (4-membered cyclic amide) rings is 1. The van der Waals surface area contributed by atoms with Gasteiger partial charge in [0.25, 0.3) is 5.91 Å². The van der Waals surface area contributed by atoms with Crippen LogP contribution in [0, 0.1) is 12.3 Å².